The Morgan fingerprint density at radius 1 is 1.10 bits per heavy atom. The molecule has 0 unspecified atom stereocenters. The topological polar surface area (TPSA) is 105 Å². The van der Waals surface area contributed by atoms with Gasteiger partial charge in [0.2, 0.25) is 21.8 Å². The van der Waals surface area contributed by atoms with Gasteiger partial charge < -0.3 is 9.73 Å². The van der Waals surface area contributed by atoms with Gasteiger partial charge in [-0.2, -0.15) is 4.31 Å². The fraction of sp³-hybridized carbons (Fsp3) is 0.526. The van der Waals surface area contributed by atoms with Crippen LogP contribution in [0.15, 0.2) is 38.8 Å². The van der Waals surface area contributed by atoms with Gasteiger partial charge in [-0.1, -0.05) is 24.6 Å². The zero-order valence-electron chi connectivity index (χ0n) is 16.0. The van der Waals surface area contributed by atoms with Gasteiger partial charge in [0, 0.05) is 24.7 Å². The molecule has 1 saturated carbocycles. The number of carbonyl (C=O) groups is 1. The Morgan fingerprint density at radius 3 is 2.48 bits per heavy atom. The third kappa shape index (κ3) is 4.81. The third-order valence-corrected chi connectivity index (χ3v) is 7.99. The molecule has 0 bridgehead atoms. The molecule has 0 spiro atoms. The molecule has 1 saturated heterocycles. The smallest absolute Gasteiger partial charge is 0.277 e. The van der Waals surface area contributed by atoms with Gasteiger partial charge in [-0.15, -0.1) is 10.2 Å². The van der Waals surface area contributed by atoms with Crippen LogP contribution in [0.5, 0.6) is 0 Å². The van der Waals surface area contributed by atoms with Crippen molar-refractivity contribution in [3.8, 4) is 11.5 Å². The molecule has 1 aromatic carbocycles. The van der Waals surface area contributed by atoms with Crippen LogP contribution in [0.2, 0.25) is 0 Å². The Balaban J connectivity index is 1.35. The zero-order valence-corrected chi connectivity index (χ0v) is 17.7. The average Bonchev–Trinajstić information content (AvgIpc) is 3.49. The van der Waals surface area contributed by atoms with E-state index in [0.29, 0.717) is 29.8 Å². The largest absolute Gasteiger partial charge is 0.411 e. The molecule has 1 aliphatic carbocycles. The Bertz CT molecular complexity index is 947. The first-order valence-corrected chi connectivity index (χ1v) is 12.3. The first kappa shape index (κ1) is 20.4. The molecule has 2 heterocycles. The van der Waals surface area contributed by atoms with Crippen molar-refractivity contribution in [3.63, 3.8) is 0 Å². The summed E-state index contributed by atoms with van der Waals surface area (Å²) in [5, 5.41) is 11.3. The predicted octanol–water partition coefficient (Wildman–Crippen LogP) is 2.67. The maximum absolute atomic E-state index is 12.6. The molecule has 0 atom stereocenters. The van der Waals surface area contributed by atoms with Crippen molar-refractivity contribution in [1.29, 1.82) is 0 Å². The van der Waals surface area contributed by atoms with Gasteiger partial charge in [-0.25, -0.2) is 8.42 Å². The van der Waals surface area contributed by atoms with E-state index in [1.807, 2.05) is 0 Å². The molecular weight excluding hydrogens is 412 g/mol. The lowest BCUT2D eigenvalue weighted by Gasteiger charge is -2.15. The Labute approximate surface area is 174 Å². The number of hydrogen-bond acceptors (Lipinski definition) is 7. The molecule has 1 amide bonds. The normalized spacial score (nSPS) is 18.3. The summed E-state index contributed by atoms with van der Waals surface area (Å²) in [6, 6.07) is 6.75. The number of aromatic nitrogens is 2. The minimum Gasteiger partial charge on any atom is -0.411 e. The van der Waals surface area contributed by atoms with Gasteiger partial charge in [-0.05, 0) is 49.9 Å². The zero-order chi connectivity index (χ0) is 20.3. The van der Waals surface area contributed by atoms with Gasteiger partial charge in [0.1, 0.15) is 0 Å². The van der Waals surface area contributed by atoms with E-state index in [-0.39, 0.29) is 22.6 Å². The maximum atomic E-state index is 12.6. The van der Waals surface area contributed by atoms with Crippen LogP contribution in [0.3, 0.4) is 0 Å². The van der Waals surface area contributed by atoms with E-state index in [0.717, 1.165) is 25.7 Å². The highest BCUT2D eigenvalue weighted by Crippen LogP contribution is 2.26. The SMILES string of the molecule is O=C(CSc1nnc(-c2ccc(S(=O)(=O)N3CCCC3)cc2)o1)NC1CCCC1. The van der Waals surface area contributed by atoms with Crippen LogP contribution < -0.4 is 5.32 Å². The van der Waals surface area contributed by atoms with Crippen LogP contribution in [-0.2, 0) is 14.8 Å². The second-order valence-electron chi connectivity index (χ2n) is 7.35. The minimum absolute atomic E-state index is 0.0295. The van der Waals surface area contributed by atoms with Crippen molar-refractivity contribution in [2.45, 2.75) is 54.7 Å². The molecule has 8 nitrogen and oxygen atoms in total. The summed E-state index contributed by atoms with van der Waals surface area (Å²) in [6.45, 7) is 1.14. The molecule has 156 valence electrons. The van der Waals surface area contributed by atoms with Crippen molar-refractivity contribution in [1.82, 2.24) is 19.8 Å². The number of rotatable bonds is 7. The fourth-order valence-electron chi connectivity index (χ4n) is 3.70. The summed E-state index contributed by atoms with van der Waals surface area (Å²) in [4.78, 5) is 12.3. The van der Waals surface area contributed by atoms with E-state index >= 15 is 0 Å². The van der Waals surface area contributed by atoms with Crippen LogP contribution in [0, 0.1) is 0 Å². The monoisotopic (exact) mass is 436 g/mol. The number of thioether (sulfide) groups is 1. The van der Waals surface area contributed by atoms with Crippen LogP contribution >= 0.6 is 11.8 Å². The summed E-state index contributed by atoms with van der Waals surface area (Å²) in [7, 11) is -3.44. The molecule has 10 heteroatoms. The number of benzene rings is 1. The number of carbonyl (C=O) groups excluding carboxylic acids is 1. The van der Waals surface area contributed by atoms with Crippen LogP contribution in [-0.4, -0.2) is 53.7 Å². The lowest BCUT2D eigenvalue weighted by Crippen LogP contribution is -2.33. The summed E-state index contributed by atoms with van der Waals surface area (Å²) >= 11 is 1.20. The van der Waals surface area contributed by atoms with Crippen molar-refractivity contribution in [2.75, 3.05) is 18.8 Å². The molecule has 2 aliphatic rings. The maximum Gasteiger partial charge on any atom is 0.277 e. The molecule has 1 aliphatic heterocycles. The summed E-state index contributed by atoms with van der Waals surface area (Å²) in [5.41, 5.74) is 0.639. The molecule has 2 fully saturated rings. The number of hydrogen-bond donors (Lipinski definition) is 1. The van der Waals surface area contributed by atoms with E-state index in [2.05, 4.69) is 15.5 Å². The van der Waals surface area contributed by atoms with E-state index in [1.165, 1.54) is 28.9 Å². The molecule has 4 rings (SSSR count). The van der Waals surface area contributed by atoms with E-state index in [1.54, 1.807) is 24.3 Å². The quantitative estimate of drug-likeness (QED) is 0.665. The Hall–Kier alpha value is -1.91. The molecular formula is C19H24N4O4S2. The van der Waals surface area contributed by atoms with E-state index in [9.17, 15) is 13.2 Å². The molecule has 0 radical (unpaired) electrons. The summed E-state index contributed by atoms with van der Waals surface area (Å²) in [5.74, 6) is 0.498. The van der Waals surface area contributed by atoms with Gasteiger partial charge in [-0.3, -0.25) is 4.79 Å². The van der Waals surface area contributed by atoms with Gasteiger partial charge >= 0.3 is 0 Å². The van der Waals surface area contributed by atoms with Crippen LogP contribution in [0.1, 0.15) is 38.5 Å². The fourth-order valence-corrected chi connectivity index (χ4v) is 5.79. The number of nitrogens with one attached hydrogen (secondary N) is 1. The second kappa shape index (κ2) is 8.85. The number of sulfonamides is 1. The van der Waals surface area contributed by atoms with Gasteiger partial charge in [0.25, 0.3) is 5.22 Å². The summed E-state index contributed by atoms with van der Waals surface area (Å²) < 4.78 is 32.3. The van der Waals surface area contributed by atoms with Crippen molar-refractivity contribution in [3.05, 3.63) is 24.3 Å². The highest BCUT2D eigenvalue weighted by atomic mass is 32.2. The lowest BCUT2D eigenvalue weighted by atomic mass is 10.2. The third-order valence-electron chi connectivity index (χ3n) is 5.26. The lowest BCUT2D eigenvalue weighted by molar-refractivity contribution is -0.119. The molecule has 1 N–H and O–H groups in total. The number of amides is 1. The van der Waals surface area contributed by atoms with Crippen molar-refractivity contribution in [2.24, 2.45) is 0 Å². The van der Waals surface area contributed by atoms with Crippen LogP contribution in [0.4, 0.5) is 0 Å². The van der Waals surface area contributed by atoms with Gasteiger partial charge in [0.15, 0.2) is 0 Å². The standard InChI is InChI=1S/C19H24N4O4S2/c24-17(20-15-5-1-2-6-15)13-28-19-22-21-18(27-19)14-7-9-16(10-8-14)29(25,26)23-11-3-4-12-23/h7-10,15H,1-6,11-13H2,(H,20,24). The van der Waals surface area contributed by atoms with Gasteiger partial charge in [0.05, 0.1) is 10.6 Å². The van der Waals surface area contributed by atoms with E-state index in [4.69, 9.17) is 4.42 Å². The Kier molecular flexibility index (Phi) is 6.21. The highest BCUT2D eigenvalue weighted by Gasteiger charge is 2.27. The summed E-state index contributed by atoms with van der Waals surface area (Å²) in [6.07, 6.45) is 6.23. The first-order chi connectivity index (χ1) is 14.0. The van der Waals surface area contributed by atoms with Crippen molar-refractivity contribution < 1.29 is 17.6 Å². The average molecular weight is 437 g/mol. The Morgan fingerprint density at radius 2 is 1.79 bits per heavy atom. The van der Waals surface area contributed by atoms with Crippen LogP contribution in [0.25, 0.3) is 11.5 Å². The predicted molar refractivity (Wildman–Crippen MR) is 109 cm³/mol. The first-order valence-electron chi connectivity index (χ1n) is 9.88. The minimum atomic E-state index is -3.44. The molecule has 1 aromatic heterocycles. The number of nitrogens with zero attached hydrogens (tertiary/aromatic N) is 3. The van der Waals surface area contributed by atoms with Crippen molar-refractivity contribution >= 4 is 27.7 Å². The van der Waals surface area contributed by atoms with E-state index < -0.39 is 10.0 Å². The highest BCUT2D eigenvalue weighted by molar-refractivity contribution is 7.99. The molecule has 2 aromatic rings. The second-order valence-corrected chi connectivity index (χ2v) is 10.2. The molecule has 29 heavy (non-hydrogen) atoms.